The minimum atomic E-state index is -1.28. The smallest absolute Gasteiger partial charge is 0.334 e. The van der Waals surface area contributed by atoms with E-state index in [9.17, 15) is 28.7 Å². The summed E-state index contributed by atoms with van der Waals surface area (Å²) in [5, 5.41) is 15.3. The number of allylic oxidation sites excluding steroid dienone is 3. The average Bonchev–Trinajstić information content (AvgIpc) is 2.84. The van der Waals surface area contributed by atoms with E-state index in [-0.39, 0.29) is 19.0 Å². The van der Waals surface area contributed by atoms with Crippen molar-refractivity contribution in [3.05, 3.63) is 59.4 Å². The Kier molecular flexibility index (Phi) is 7.63. The zero-order chi connectivity index (χ0) is 26.9. The molecule has 0 radical (unpaired) electrons. The fourth-order valence-electron chi connectivity index (χ4n) is 5.18. The van der Waals surface area contributed by atoms with Crippen molar-refractivity contribution in [2.75, 3.05) is 26.7 Å². The van der Waals surface area contributed by atoms with Gasteiger partial charge in [-0.25, -0.2) is 19.2 Å². The quantitative estimate of drug-likeness (QED) is 0.603. The lowest BCUT2D eigenvalue weighted by molar-refractivity contribution is -0.190. The number of nitrogens with one attached hydrogen (secondary N) is 1. The van der Waals surface area contributed by atoms with Crippen molar-refractivity contribution in [2.24, 2.45) is 5.92 Å². The number of urea groups is 1. The second-order valence-corrected chi connectivity index (χ2v) is 9.74. The predicted molar refractivity (Wildman–Crippen MR) is 132 cm³/mol. The maximum atomic E-state index is 13.5. The third kappa shape index (κ3) is 5.36. The number of carbonyl (C=O) groups excluding carboxylic acids is 3. The highest BCUT2D eigenvalue weighted by molar-refractivity contribution is 5.94. The van der Waals surface area contributed by atoms with Gasteiger partial charge in [-0.2, -0.15) is 0 Å². The lowest BCUT2D eigenvalue weighted by Gasteiger charge is -2.55. The maximum absolute atomic E-state index is 13.5. The van der Waals surface area contributed by atoms with E-state index < -0.39 is 54.3 Å². The highest BCUT2D eigenvalue weighted by Crippen LogP contribution is 2.32. The van der Waals surface area contributed by atoms with Gasteiger partial charge in [-0.05, 0) is 42.5 Å². The maximum Gasteiger partial charge on any atom is 0.334 e. The Bertz CT molecular complexity index is 1140. The predicted octanol–water partition coefficient (Wildman–Crippen LogP) is 2.12. The van der Waals surface area contributed by atoms with Crippen LogP contribution in [0.2, 0.25) is 0 Å². The number of nitrogens with zero attached hydrogens (tertiary/aromatic N) is 4. The number of carbonyl (C=O) groups is 4. The number of aliphatic carboxylic acids is 1. The molecule has 2 N–H and O–H groups in total. The molecule has 1 aromatic rings. The Morgan fingerprint density at radius 3 is 2.57 bits per heavy atom. The molecule has 2 saturated heterocycles. The molecule has 4 rings (SSSR count). The molecule has 0 aromatic heterocycles. The minimum Gasteiger partial charge on any atom is -0.481 e. The van der Waals surface area contributed by atoms with E-state index in [4.69, 9.17) is 0 Å². The first-order valence-corrected chi connectivity index (χ1v) is 12.3. The van der Waals surface area contributed by atoms with Crippen LogP contribution in [-0.2, 0) is 14.4 Å². The number of likely N-dealkylation sites (N-methyl/N-ethyl adjacent to an activating group) is 1. The van der Waals surface area contributed by atoms with Crippen LogP contribution in [0.15, 0.2) is 48.1 Å². The van der Waals surface area contributed by atoms with Crippen molar-refractivity contribution in [3.63, 3.8) is 0 Å². The van der Waals surface area contributed by atoms with E-state index >= 15 is 0 Å². The molecule has 0 saturated carbocycles. The van der Waals surface area contributed by atoms with Gasteiger partial charge in [0.05, 0.1) is 25.6 Å². The van der Waals surface area contributed by atoms with Crippen LogP contribution in [0.3, 0.4) is 0 Å². The van der Waals surface area contributed by atoms with Crippen molar-refractivity contribution in [1.29, 1.82) is 0 Å². The summed E-state index contributed by atoms with van der Waals surface area (Å²) in [5.41, 5.74) is 1.72. The average molecular weight is 514 g/mol. The van der Waals surface area contributed by atoms with E-state index in [1.807, 2.05) is 12.2 Å². The molecular weight excluding hydrogens is 481 g/mol. The van der Waals surface area contributed by atoms with Crippen LogP contribution in [0.4, 0.5) is 9.18 Å². The highest BCUT2D eigenvalue weighted by atomic mass is 19.1. The number of halogens is 1. The molecule has 0 spiro atoms. The third-order valence-corrected chi connectivity index (χ3v) is 7.30. The van der Waals surface area contributed by atoms with E-state index in [2.05, 4.69) is 18.3 Å². The van der Waals surface area contributed by atoms with Crippen molar-refractivity contribution in [1.82, 2.24) is 25.1 Å². The molecule has 3 aliphatic rings. The molecule has 2 heterocycles. The van der Waals surface area contributed by atoms with Gasteiger partial charge in [0.1, 0.15) is 18.0 Å². The Labute approximate surface area is 214 Å². The van der Waals surface area contributed by atoms with Crippen molar-refractivity contribution in [3.8, 4) is 0 Å². The van der Waals surface area contributed by atoms with Crippen LogP contribution in [-0.4, -0.2) is 87.6 Å². The molecular formula is C26H32FN5O5. The Morgan fingerprint density at radius 2 is 1.92 bits per heavy atom. The van der Waals surface area contributed by atoms with Crippen molar-refractivity contribution >= 4 is 23.8 Å². The van der Waals surface area contributed by atoms with E-state index in [0.717, 1.165) is 12.0 Å². The van der Waals surface area contributed by atoms with Crippen molar-refractivity contribution in [2.45, 2.75) is 44.9 Å². The summed E-state index contributed by atoms with van der Waals surface area (Å²) < 4.78 is 13.5. The Balaban J connectivity index is 1.64. The number of fused-ring (bicyclic) bond motifs is 1. The Morgan fingerprint density at radius 1 is 1.22 bits per heavy atom. The van der Waals surface area contributed by atoms with Crippen LogP contribution in [0, 0.1) is 11.7 Å². The summed E-state index contributed by atoms with van der Waals surface area (Å²) >= 11 is 0. The molecule has 1 aromatic carbocycles. The standard InChI is InChI=1S/C26H32FN5O5/c1-16-6-4-5-7-19(16)13-28-26(37)32-22-14-30(17(2)18-8-10-20(27)11-9-18)25(36)21(12-24(34)35)31(22)23(33)15-29(32)3/h4-5,7-11,16-17,21-22H,6,12-15H2,1-3H3,(H,28,37)(H,34,35)/t16?,17?,21-,22-/m0/s1. The monoisotopic (exact) mass is 513 g/mol. The topological polar surface area (TPSA) is 113 Å². The first kappa shape index (κ1) is 26.3. The second-order valence-electron chi connectivity index (χ2n) is 9.74. The first-order valence-electron chi connectivity index (χ1n) is 12.3. The lowest BCUT2D eigenvalue weighted by atomic mass is 9.93. The number of carboxylic acids is 1. The third-order valence-electron chi connectivity index (χ3n) is 7.30. The SMILES string of the molecule is CC1CC=CC=C1CNC(=O)N1[C@H]2CN(C(C)c3ccc(F)cc3)C(=O)[C@H](CC(=O)O)N2C(=O)CN1C. The van der Waals surface area contributed by atoms with Crippen LogP contribution < -0.4 is 5.32 Å². The largest absolute Gasteiger partial charge is 0.481 e. The number of piperazine rings is 1. The Hall–Kier alpha value is -3.73. The number of carboxylic acid groups (broad SMARTS) is 1. The summed E-state index contributed by atoms with van der Waals surface area (Å²) in [6.07, 6.45) is 5.37. The molecule has 2 fully saturated rings. The number of benzene rings is 1. The summed E-state index contributed by atoms with van der Waals surface area (Å²) in [5.74, 6) is -2.33. The molecule has 4 amide bonds. The number of hydrogen-bond acceptors (Lipinski definition) is 5. The van der Waals surface area contributed by atoms with E-state index in [1.165, 1.54) is 32.0 Å². The van der Waals surface area contributed by atoms with Crippen LogP contribution >= 0.6 is 0 Å². The molecule has 4 atom stereocenters. The molecule has 10 nitrogen and oxygen atoms in total. The van der Waals surface area contributed by atoms with E-state index in [0.29, 0.717) is 12.1 Å². The van der Waals surface area contributed by atoms with Gasteiger partial charge in [-0.3, -0.25) is 14.4 Å². The molecule has 11 heteroatoms. The summed E-state index contributed by atoms with van der Waals surface area (Å²) in [6, 6.07) is 3.42. The van der Waals surface area contributed by atoms with Crippen LogP contribution in [0.25, 0.3) is 0 Å². The van der Waals surface area contributed by atoms with Crippen molar-refractivity contribution < 1.29 is 28.7 Å². The van der Waals surface area contributed by atoms with Gasteiger partial charge in [0, 0.05) is 13.6 Å². The zero-order valence-corrected chi connectivity index (χ0v) is 21.1. The zero-order valence-electron chi connectivity index (χ0n) is 21.1. The molecule has 37 heavy (non-hydrogen) atoms. The van der Waals surface area contributed by atoms with Gasteiger partial charge in [0.15, 0.2) is 0 Å². The summed E-state index contributed by atoms with van der Waals surface area (Å²) in [4.78, 5) is 54.4. The fourth-order valence-corrected chi connectivity index (χ4v) is 5.18. The summed E-state index contributed by atoms with van der Waals surface area (Å²) in [7, 11) is 1.61. The second kappa shape index (κ2) is 10.7. The number of amides is 4. The van der Waals surface area contributed by atoms with Gasteiger partial charge in [0.2, 0.25) is 11.8 Å². The number of hydrazine groups is 1. The minimum absolute atomic E-state index is 0.0289. The molecule has 2 aliphatic heterocycles. The van der Waals surface area contributed by atoms with Gasteiger partial charge in [-0.15, -0.1) is 0 Å². The van der Waals surface area contributed by atoms with E-state index in [1.54, 1.807) is 26.1 Å². The normalized spacial score (nSPS) is 25.0. The van der Waals surface area contributed by atoms with Crippen LogP contribution in [0.5, 0.6) is 0 Å². The molecule has 198 valence electrons. The van der Waals surface area contributed by atoms with Gasteiger partial charge < -0.3 is 20.2 Å². The van der Waals surface area contributed by atoms with Gasteiger partial charge in [0.25, 0.3) is 0 Å². The van der Waals surface area contributed by atoms with Gasteiger partial charge >= 0.3 is 12.0 Å². The fraction of sp³-hybridized carbons (Fsp3) is 0.462. The molecule has 0 bridgehead atoms. The lowest BCUT2D eigenvalue weighted by Crippen LogP contribution is -2.76. The molecule has 1 aliphatic carbocycles. The summed E-state index contributed by atoms with van der Waals surface area (Å²) in [6.45, 7) is 3.94. The first-order chi connectivity index (χ1) is 17.6. The number of hydrogen-bond donors (Lipinski definition) is 2. The van der Waals surface area contributed by atoms with Crippen LogP contribution in [0.1, 0.15) is 38.3 Å². The highest BCUT2D eigenvalue weighted by Gasteiger charge is 2.52. The van der Waals surface area contributed by atoms with Gasteiger partial charge in [-0.1, -0.05) is 37.3 Å². The number of rotatable bonds is 6. The molecule has 2 unspecified atom stereocenters.